The third kappa shape index (κ3) is 4.11. The van der Waals surface area contributed by atoms with Crippen molar-refractivity contribution in [2.45, 2.75) is 57.4 Å². The van der Waals surface area contributed by atoms with E-state index in [1.807, 2.05) is 24.4 Å². The van der Waals surface area contributed by atoms with E-state index in [2.05, 4.69) is 46.6 Å². The minimum absolute atomic E-state index is 0.302. The van der Waals surface area contributed by atoms with Crippen LogP contribution in [0, 0.1) is 5.92 Å². The summed E-state index contributed by atoms with van der Waals surface area (Å²) in [7, 11) is 0. The van der Waals surface area contributed by atoms with Crippen molar-refractivity contribution in [2.24, 2.45) is 5.92 Å². The summed E-state index contributed by atoms with van der Waals surface area (Å²) in [5.74, 6) is 2.50. The fourth-order valence-corrected chi connectivity index (χ4v) is 4.98. The van der Waals surface area contributed by atoms with Crippen LogP contribution >= 0.6 is 0 Å². The lowest BCUT2D eigenvalue weighted by Gasteiger charge is -2.42. The number of amides is 1. The summed E-state index contributed by atoms with van der Waals surface area (Å²) in [5.41, 5.74) is 0.733. The largest absolute Gasteiger partial charge is 0.381 e. The number of nitrogens with zero attached hydrogens (tertiary/aromatic N) is 3. The molecule has 0 saturated carbocycles. The number of carbonyl (C=O) groups excluding carboxylic acids is 1. The number of ether oxygens (including phenoxy) is 1. The lowest BCUT2D eigenvalue weighted by molar-refractivity contribution is -0.142. The molecule has 156 valence electrons. The Morgan fingerprint density at radius 1 is 1.17 bits per heavy atom. The highest BCUT2D eigenvalue weighted by Gasteiger charge is 2.44. The van der Waals surface area contributed by atoms with Crippen LogP contribution in [0.5, 0.6) is 0 Å². The summed E-state index contributed by atoms with van der Waals surface area (Å²) < 4.78 is 7.91. The Morgan fingerprint density at radius 2 is 1.86 bits per heavy atom. The summed E-state index contributed by atoms with van der Waals surface area (Å²) in [6.45, 7) is 8.42. The monoisotopic (exact) mass is 395 g/mol. The Kier molecular flexibility index (Phi) is 6.04. The predicted octanol–water partition coefficient (Wildman–Crippen LogP) is 3.99. The van der Waals surface area contributed by atoms with Gasteiger partial charge in [-0.3, -0.25) is 4.79 Å². The second kappa shape index (κ2) is 8.70. The third-order valence-corrected chi connectivity index (χ3v) is 6.70. The van der Waals surface area contributed by atoms with Crippen LogP contribution in [0.25, 0.3) is 0 Å². The molecule has 2 aliphatic rings. The van der Waals surface area contributed by atoms with Crippen LogP contribution in [-0.2, 0) is 21.5 Å². The maximum atomic E-state index is 13.7. The molecule has 2 aromatic rings. The number of imidazole rings is 1. The number of hydrogen-bond donors (Lipinski definition) is 0. The van der Waals surface area contributed by atoms with Crippen molar-refractivity contribution in [1.29, 1.82) is 0 Å². The molecule has 5 heteroatoms. The first-order valence-corrected chi connectivity index (χ1v) is 11.0. The molecule has 0 spiro atoms. The lowest BCUT2D eigenvalue weighted by Crippen LogP contribution is -2.52. The highest BCUT2D eigenvalue weighted by atomic mass is 16.5. The molecule has 2 saturated heterocycles. The topological polar surface area (TPSA) is 47.4 Å². The number of rotatable bonds is 5. The zero-order valence-corrected chi connectivity index (χ0v) is 17.7. The second-order valence-electron chi connectivity index (χ2n) is 8.89. The van der Waals surface area contributed by atoms with Crippen LogP contribution in [0.15, 0.2) is 42.7 Å². The molecule has 1 amide bonds. The van der Waals surface area contributed by atoms with E-state index in [1.54, 1.807) is 0 Å². The van der Waals surface area contributed by atoms with Gasteiger partial charge >= 0.3 is 0 Å². The van der Waals surface area contributed by atoms with Crippen LogP contribution in [0.2, 0.25) is 0 Å². The maximum absolute atomic E-state index is 13.7. The van der Waals surface area contributed by atoms with Gasteiger partial charge < -0.3 is 14.2 Å². The molecule has 0 bridgehead atoms. The van der Waals surface area contributed by atoms with E-state index in [4.69, 9.17) is 4.74 Å². The van der Waals surface area contributed by atoms with Gasteiger partial charge in [-0.1, -0.05) is 44.2 Å². The SMILES string of the molecule is CC(C)c1nccn1CC1CCN(C(=O)C2(c3ccccc3)CCOCC2)CC1. The fraction of sp³-hybridized carbons (Fsp3) is 0.583. The number of aromatic nitrogens is 2. The van der Waals surface area contributed by atoms with Crippen LogP contribution in [-0.4, -0.2) is 46.7 Å². The quantitative estimate of drug-likeness (QED) is 0.769. The van der Waals surface area contributed by atoms with E-state index in [-0.39, 0.29) is 0 Å². The highest BCUT2D eigenvalue weighted by molar-refractivity contribution is 5.88. The van der Waals surface area contributed by atoms with Crippen molar-refractivity contribution in [2.75, 3.05) is 26.3 Å². The van der Waals surface area contributed by atoms with Gasteiger partial charge in [-0.25, -0.2) is 4.98 Å². The molecule has 0 atom stereocenters. The third-order valence-electron chi connectivity index (χ3n) is 6.70. The van der Waals surface area contributed by atoms with Gasteiger partial charge in [0.05, 0.1) is 5.41 Å². The zero-order chi connectivity index (χ0) is 20.3. The molecule has 3 heterocycles. The summed E-state index contributed by atoms with van der Waals surface area (Å²) in [6, 6.07) is 10.3. The van der Waals surface area contributed by atoms with Crippen LogP contribution in [0.3, 0.4) is 0 Å². The van der Waals surface area contributed by atoms with Crippen LogP contribution in [0.4, 0.5) is 0 Å². The standard InChI is InChI=1S/C24H33N3O2/c1-19(2)22-25-12-15-27(22)18-20-8-13-26(14-9-20)23(28)24(10-16-29-17-11-24)21-6-4-3-5-7-21/h3-7,12,15,19-20H,8-11,13-14,16-18H2,1-2H3. The summed E-state index contributed by atoms with van der Waals surface area (Å²) in [6.07, 6.45) is 7.68. The van der Waals surface area contributed by atoms with E-state index in [0.29, 0.717) is 31.0 Å². The van der Waals surface area contributed by atoms with E-state index >= 15 is 0 Å². The molecule has 1 aromatic carbocycles. The van der Waals surface area contributed by atoms with Crippen molar-refractivity contribution in [3.8, 4) is 0 Å². The van der Waals surface area contributed by atoms with Crippen LogP contribution < -0.4 is 0 Å². The molecule has 4 rings (SSSR count). The Hall–Kier alpha value is -2.14. The van der Waals surface area contributed by atoms with Crippen molar-refractivity contribution < 1.29 is 9.53 Å². The Balaban J connectivity index is 1.43. The highest BCUT2D eigenvalue weighted by Crippen LogP contribution is 2.38. The van der Waals surface area contributed by atoms with E-state index in [0.717, 1.165) is 56.7 Å². The average Bonchev–Trinajstić information content (AvgIpc) is 3.23. The van der Waals surface area contributed by atoms with Crippen molar-refractivity contribution in [3.63, 3.8) is 0 Å². The van der Waals surface area contributed by atoms with Gasteiger partial charge in [0.15, 0.2) is 0 Å². The number of likely N-dealkylation sites (tertiary alicyclic amines) is 1. The maximum Gasteiger partial charge on any atom is 0.233 e. The molecule has 2 aliphatic heterocycles. The first-order chi connectivity index (χ1) is 14.1. The van der Waals surface area contributed by atoms with Gasteiger partial charge in [0, 0.05) is 51.2 Å². The number of hydrogen-bond acceptors (Lipinski definition) is 3. The fourth-order valence-electron chi connectivity index (χ4n) is 4.98. The lowest BCUT2D eigenvalue weighted by atomic mass is 9.72. The predicted molar refractivity (Wildman–Crippen MR) is 114 cm³/mol. The molecule has 2 fully saturated rings. The molecule has 0 radical (unpaired) electrons. The summed E-state index contributed by atoms with van der Waals surface area (Å²) >= 11 is 0. The van der Waals surface area contributed by atoms with Gasteiger partial charge in [-0.2, -0.15) is 0 Å². The van der Waals surface area contributed by atoms with E-state index in [1.165, 1.54) is 0 Å². The minimum Gasteiger partial charge on any atom is -0.381 e. The zero-order valence-electron chi connectivity index (χ0n) is 17.7. The van der Waals surface area contributed by atoms with Gasteiger partial charge in [-0.05, 0) is 37.2 Å². The number of benzene rings is 1. The van der Waals surface area contributed by atoms with Gasteiger partial charge in [0.2, 0.25) is 5.91 Å². The van der Waals surface area contributed by atoms with E-state index < -0.39 is 5.41 Å². The molecule has 0 N–H and O–H groups in total. The molecule has 0 aliphatic carbocycles. The molecule has 5 nitrogen and oxygen atoms in total. The van der Waals surface area contributed by atoms with Crippen molar-refractivity contribution >= 4 is 5.91 Å². The average molecular weight is 396 g/mol. The normalized spacial score (nSPS) is 20.2. The number of piperidine rings is 1. The molecular weight excluding hydrogens is 362 g/mol. The van der Waals surface area contributed by atoms with Gasteiger partial charge in [0.25, 0.3) is 0 Å². The smallest absolute Gasteiger partial charge is 0.233 e. The van der Waals surface area contributed by atoms with Crippen molar-refractivity contribution in [1.82, 2.24) is 14.5 Å². The Labute approximate surface area is 174 Å². The molecular formula is C24H33N3O2. The van der Waals surface area contributed by atoms with Crippen LogP contribution in [0.1, 0.15) is 56.8 Å². The number of carbonyl (C=O) groups is 1. The van der Waals surface area contributed by atoms with E-state index in [9.17, 15) is 4.79 Å². The second-order valence-corrected chi connectivity index (χ2v) is 8.89. The minimum atomic E-state index is -0.415. The van der Waals surface area contributed by atoms with Crippen molar-refractivity contribution in [3.05, 3.63) is 54.1 Å². The molecule has 1 aromatic heterocycles. The molecule has 0 unspecified atom stereocenters. The first kappa shape index (κ1) is 20.1. The Bertz CT molecular complexity index is 801. The van der Waals surface area contributed by atoms with Gasteiger partial charge in [0.1, 0.15) is 5.82 Å². The molecule has 29 heavy (non-hydrogen) atoms. The van der Waals surface area contributed by atoms with Gasteiger partial charge in [-0.15, -0.1) is 0 Å². The Morgan fingerprint density at radius 3 is 2.52 bits per heavy atom. The summed E-state index contributed by atoms with van der Waals surface area (Å²) in [5, 5.41) is 0. The first-order valence-electron chi connectivity index (χ1n) is 11.0. The summed E-state index contributed by atoms with van der Waals surface area (Å²) in [4.78, 5) is 20.3.